The van der Waals surface area contributed by atoms with E-state index in [1.807, 2.05) is 0 Å². The Labute approximate surface area is 144 Å². The summed E-state index contributed by atoms with van der Waals surface area (Å²) in [5.41, 5.74) is 0.0249. The number of rotatable bonds is 4. The number of ether oxygens (including phenoxy) is 2. The molecule has 0 aliphatic carbocycles. The second kappa shape index (κ2) is 6.70. The van der Waals surface area contributed by atoms with Gasteiger partial charge in [-0.05, 0) is 31.0 Å². The van der Waals surface area contributed by atoms with Gasteiger partial charge in [-0.15, -0.1) is 0 Å². The van der Waals surface area contributed by atoms with Gasteiger partial charge in [0, 0.05) is 19.5 Å². The highest BCUT2D eigenvalue weighted by atomic mass is 35.5. The summed E-state index contributed by atoms with van der Waals surface area (Å²) in [4.78, 5) is 23.4. The number of carbonyl (C=O) groups is 2. The molecule has 7 nitrogen and oxygen atoms in total. The van der Waals surface area contributed by atoms with Crippen molar-refractivity contribution in [1.29, 1.82) is 0 Å². The van der Waals surface area contributed by atoms with E-state index in [1.165, 1.54) is 22.5 Å². The molecule has 2 saturated heterocycles. The average molecular weight is 374 g/mol. The summed E-state index contributed by atoms with van der Waals surface area (Å²) in [6.45, 7) is 1.06. The van der Waals surface area contributed by atoms with Gasteiger partial charge in [-0.3, -0.25) is 0 Å². The lowest BCUT2D eigenvalue weighted by Crippen LogP contribution is -2.28. The molecule has 1 aromatic rings. The van der Waals surface area contributed by atoms with Gasteiger partial charge < -0.3 is 9.47 Å². The fraction of sp³-hybridized carbons (Fsp3) is 0.467. The molecule has 24 heavy (non-hydrogen) atoms. The number of nitrogens with zero attached hydrogens (tertiary/aromatic N) is 1. The molecule has 2 heterocycles. The number of benzene rings is 1. The Kier molecular flexibility index (Phi) is 4.80. The molecule has 1 atom stereocenters. The van der Waals surface area contributed by atoms with Crippen LogP contribution in [0.5, 0.6) is 0 Å². The number of sulfonamides is 1. The fourth-order valence-corrected chi connectivity index (χ4v) is 4.69. The maximum absolute atomic E-state index is 12.6. The molecular formula is C15H16ClNO6S. The van der Waals surface area contributed by atoms with Crippen molar-refractivity contribution >= 4 is 33.6 Å². The molecule has 0 radical (unpaired) electrons. The van der Waals surface area contributed by atoms with Gasteiger partial charge in [0.25, 0.3) is 0 Å². The van der Waals surface area contributed by atoms with Gasteiger partial charge in [-0.1, -0.05) is 11.6 Å². The molecular weight excluding hydrogens is 358 g/mol. The van der Waals surface area contributed by atoms with Gasteiger partial charge in [0.2, 0.25) is 16.1 Å². The third-order valence-corrected chi connectivity index (χ3v) is 6.37. The van der Waals surface area contributed by atoms with Crippen molar-refractivity contribution < 1.29 is 27.5 Å². The van der Waals surface area contributed by atoms with Crippen LogP contribution in [-0.2, 0) is 24.3 Å². The summed E-state index contributed by atoms with van der Waals surface area (Å²) in [5, 5.41) is 0.0405. The predicted octanol–water partition coefficient (Wildman–Crippen LogP) is 1.60. The van der Waals surface area contributed by atoms with Gasteiger partial charge in [0.05, 0.1) is 17.2 Å². The zero-order chi connectivity index (χ0) is 17.3. The van der Waals surface area contributed by atoms with Gasteiger partial charge in [0.1, 0.15) is 4.90 Å². The van der Waals surface area contributed by atoms with Crippen molar-refractivity contribution in [3.8, 4) is 0 Å². The van der Waals surface area contributed by atoms with Crippen LogP contribution in [0.1, 0.15) is 29.6 Å². The van der Waals surface area contributed by atoms with E-state index in [0.29, 0.717) is 13.1 Å². The van der Waals surface area contributed by atoms with Gasteiger partial charge >= 0.3 is 11.9 Å². The Balaban J connectivity index is 1.85. The summed E-state index contributed by atoms with van der Waals surface area (Å²) in [6.07, 6.45) is 0.925. The van der Waals surface area contributed by atoms with Crippen LogP contribution in [0.25, 0.3) is 0 Å². The Hall–Kier alpha value is -1.64. The SMILES string of the molecule is O=C(O[C@@H]1CCOC1=O)c1ccc(Cl)c(S(=O)(=O)N2CCCC2)c1. The van der Waals surface area contributed by atoms with Crippen LogP contribution in [-0.4, -0.2) is 50.5 Å². The molecule has 0 spiro atoms. The van der Waals surface area contributed by atoms with Crippen LogP contribution >= 0.6 is 11.6 Å². The second-order valence-electron chi connectivity index (χ2n) is 5.61. The van der Waals surface area contributed by atoms with Crippen LogP contribution in [0.15, 0.2) is 23.1 Å². The summed E-state index contributed by atoms with van der Waals surface area (Å²) >= 11 is 6.03. The first-order valence-electron chi connectivity index (χ1n) is 7.57. The van der Waals surface area contributed by atoms with E-state index in [-0.39, 0.29) is 28.5 Å². The van der Waals surface area contributed by atoms with Crippen LogP contribution in [0.3, 0.4) is 0 Å². The topological polar surface area (TPSA) is 90.0 Å². The molecule has 0 bridgehead atoms. The summed E-state index contributed by atoms with van der Waals surface area (Å²) < 4.78 is 36.4. The zero-order valence-electron chi connectivity index (χ0n) is 12.7. The van der Waals surface area contributed by atoms with E-state index in [2.05, 4.69) is 0 Å². The van der Waals surface area contributed by atoms with Gasteiger partial charge in [-0.2, -0.15) is 4.31 Å². The molecule has 2 aliphatic rings. The predicted molar refractivity (Wildman–Crippen MR) is 84.2 cm³/mol. The van der Waals surface area contributed by atoms with E-state index in [0.717, 1.165) is 12.8 Å². The lowest BCUT2D eigenvalue weighted by molar-refractivity contribution is -0.145. The second-order valence-corrected chi connectivity index (χ2v) is 7.92. The van der Waals surface area contributed by atoms with Gasteiger partial charge in [-0.25, -0.2) is 18.0 Å². The highest BCUT2D eigenvalue weighted by molar-refractivity contribution is 7.89. The molecule has 2 fully saturated rings. The van der Waals surface area contributed by atoms with Crippen molar-refractivity contribution in [1.82, 2.24) is 4.31 Å². The monoisotopic (exact) mass is 373 g/mol. The Bertz CT molecular complexity index is 772. The number of carbonyl (C=O) groups excluding carboxylic acids is 2. The molecule has 9 heteroatoms. The number of halogens is 1. The molecule has 3 rings (SSSR count). The van der Waals surface area contributed by atoms with E-state index < -0.39 is 28.1 Å². The third-order valence-electron chi connectivity index (χ3n) is 3.99. The van der Waals surface area contributed by atoms with Crippen molar-refractivity contribution in [3.05, 3.63) is 28.8 Å². The average Bonchev–Trinajstić information content (AvgIpc) is 3.20. The van der Waals surface area contributed by atoms with Crippen LogP contribution in [0.4, 0.5) is 0 Å². The van der Waals surface area contributed by atoms with Gasteiger partial charge in [0.15, 0.2) is 0 Å². The van der Waals surface area contributed by atoms with E-state index in [9.17, 15) is 18.0 Å². The van der Waals surface area contributed by atoms with Crippen molar-refractivity contribution in [2.24, 2.45) is 0 Å². The smallest absolute Gasteiger partial charge is 0.347 e. The Morgan fingerprint density at radius 2 is 2.00 bits per heavy atom. The molecule has 0 amide bonds. The summed E-state index contributed by atoms with van der Waals surface area (Å²) in [5.74, 6) is -1.38. The third kappa shape index (κ3) is 3.26. The van der Waals surface area contributed by atoms with Crippen LogP contribution < -0.4 is 0 Å². The molecule has 0 aromatic heterocycles. The van der Waals surface area contributed by atoms with Crippen LogP contribution in [0.2, 0.25) is 5.02 Å². The van der Waals surface area contributed by atoms with Crippen molar-refractivity contribution in [2.75, 3.05) is 19.7 Å². The molecule has 0 unspecified atom stereocenters. The molecule has 0 saturated carbocycles. The molecule has 1 aromatic carbocycles. The number of hydrogen-bond acceptors (Lipinski definition) is 6. The standard InChI is InChI=1S/C15H16ClNO6S/c16-11-4-3-10(14(18)23-12-5-8-22-15(12)19)9-13(11)24(20,21)17-6-1-2-7-17/h3-4,9,12H,1-2,5-8H2/t12-/m1/s1. The first kappa shape index (κ1) is 17.2. The molecule has 130 valence electrons. The summed E-state index contributed by atoms with van der Waals surface area (Å²) in [6, 6.07) is 3.90. The fourth-order valence-electron chi connectivity index (χ4n) is 2.68. The van der Waals surface area contributed by atoms with E-state index >= 15 is 0 Å². The highest BCUT2D eigenvalue weighted by Gasteiger charge is 2.32. The normalized spacial score (nSPS) is 21.7. The Morgan fingerprint density at radius 3 is 2.62 bits per heavy atom. The largest absolute Gasteiger partial charge is 0.463 e. The Morgan fingerprint density at radius 1 is 1.29 bits per heavy atom. The molecule has 2 aliphatic heterocycles. The van der Waals surface area contributed by atoms with E-state index in [4.69, 9.17) is 21.1 Å². The number of esters is 2. The lowest BCUT2D eigenvalue weighted by atomic mass is 10.2. The van der Waals surface area contributed by atoms with Crippen LogP contribution in [0, 0.1) is 0 Å². The number of hydrogen-bond donors (Lipinski definition) is 0. The first-order valence-corrected chi connectivity index (χ1v) is 9.39. The minimum atomic E-state index is -3.76. The van der Waals surface area contributed by atoms with Crippen molar-refractivity contribution in [2.45, 2.75) is 30.3 Å². The minimum absolute atomic E-state index is 0.0249. The number of cyclic esters (lactones) is 1. The van der Waals surface area contributed by atoms with E-state index in [1.54, 1.807) is 0 Å². The summed E-state index contributed by atoms with van der Waals surface area (Å²) in [7, 11) is -3.76. The first-order chi connectivity index (χ1) is 11.4. The maximum Gasteiger partial charge on any atom is 0.347 e. The highest BCUT2D eigenvalue weighted by Crippen LogP contribution is 2.28. The molecule has 0 N–H and O–H groups in total. The lowest BCUT2D eigenvalue weighted by Gasteiger charge is -2.17. The minimum Gasteiger partial charge on any atom is -0.463 e. The maximum atomic E-state index is 12.6. The van der Waals surface area contributed by atoms with Crippen molar-refractivity contribution in [3.63, 3.8) is 0 Å². The quantitative estimate of drug-likeness (QED) is 0.744. The zero-order valence-corrected chi connectivity index (χ0v) is 14.3.